The molecule has 2 atom stereocenters. The molecular weight excluding hydrogens is 250 g/mol. The average molecular weight is 275 g/mol. The second-order valence-electron chi connectivity index (χ2n) is 5.77. The van der Waals surface area contributed by atoms with Gasteiger partial charge in [-0.2, -0.15) is 17.0 Å². The Balaban J connectivity index is 2.08. The first-order valence-corrected chi connectivity index (χ1v) is 8.29. The minimum Gasteiger partial charge on any atom is -0.329 e. The van der Waals surface area contributed by atoms with Gasteiger partial charge in [-0.05, 0) is 37.5 Å². The zero-order valence-corrected chi connectivity index (χ0v) is 12.2. The SMILES string of the molecule is CC1CCCN(S(=O)(=O)N(C)C(CN)C2CC2)C1. The molecule has 6 heteroatoms. The van der Waals surface area contributed by atoms with Gasteiger partial charge >= 0.3 is 0 Å². The highest BCUT2D eigenvalue weighted by molar-refractivity contribution is 7.86. The maximum atomic E-state index is 12.6. The van der Waals surface area contributed by atoms with Crippen molar-refractivity contribution in [3.05, 3.63) is 0 Å². The standard InChI is InChI=1S/C12H25N3O2S/c1-10-4-3-7-15(9-10)18(16,17)14(2)12(8-13)11-5-6-11/h10-12H,3-9,13H2,1-2H3. The molecule has 2 rings (SSSR count). The van der Waals surface area contributed by atoms with E-state index in [1.165, 1.54) is 4.31 Å². The molecule has 0 aromatic rings. The molecule has 0 amide bonds. The van der Waals surface area contributed by atoms with Crippen LogP contribution in [0.4, 0.5) is 0 Å². The lowest BCUT2D eigenvalue weighted by Gasteiger charge is -2.36. The van der Waals surface area contributed by atoms with Gasteiger partial charge in [0.2, 0.25) is 0 Å². The quantitative estimate of drug-likeness (QED) is 0.800. The van der Waals surface area contributed by atoms with Gasteiger partial charge in [0.15, 0.2) is 0 Å². The second-order valence-corrected chi connectivity index (χ2v) is 7.76. The maximum absolute atomic E-state index is 12.6. The molecule has 1 heterocycles. The number of hydrogen-bond donors (Lipinski definition) is 1. The first kappa shape index (κ1) is 14.2. The summed E-state index contributed by atoms with van der Waals surface area (Å²) in [6, 6.07) is -0.0211. The molecule has 2 aliphatic rings. The van der Waals surface area contributed by atoms with E-state index in [2.05, 4.69) is 6.92 Å². The fourth-order valence-electron chi connectivity index (χ4n) is 2.83. The normalized spacial score (nSPS) is 28.6. The molecule has 18 heavy (non-hydrogen) atoms. The molecular formula is C12H25N3O2S. The highest BCUT2D eigenvalue weighted by Crippen LogP contribution is 2.36. The zero-order chi connectivity index (χ0) is 13.3. The van der Waals surface area contributed by atoms with Crippen molar-refractivity contribution in [1.29, 1.82) is 0 Å². The summed E-state index contributed by atoms with van der Waals surface area (Å²) in [6.07, 6.45) is 4.31. The molecule has 5 nitrogen and oxygen atoms in total. The van der Waals surface area contributed by atoms with Crippen LogP contribution in [0, 0.1) is 11.8 Å². The molecule has 0 spiro atoms. The van der Waals surface area contributed by atoms with Crippen LogP contribution in [0.5, 0.6) is 0 Å². The van der Waals surface area contributed by atoms with Crippen LogP contribution in [0.1, 0.15) is 32.6 Å². The van der Waals surface area contributed by atoms with Gasteiger partial charge in [-0.25, -0.2) is 0 Å². The van der Waals surface area contributed by atoms with Crippen LogP contribution in [-0.4, -0.2) is 49.8 Å². The molecule has 2 unspecified atom stereocenters. The maximum Gasteiger partial charge on any atom is 0.282 e. The molecule has 1 aliphatic carbocycles. The minimum atomic E-state index is -3.32. The molecule has 106 valence electrons. The lowest BCUT2D eigenvalue weighted by molar-refractivity contribution is 0.246. The van der Waals surface area contributed by atoms with E-state index in [4.69, 9.17) is 5.73 Å². The third kappa shape index (κ3) is 2.87. The number of piperidine rings is 1. The van der Waals surface area contributed by atoms with Crippen molar-refractivity contribution in [3.63, 3.8) is 0 Å². The summed E-state index contributed by atoms with van der Waals surface area (Å²) in [7, 11) is -1.64. The van der Waals surface area contributed by atoms with Gasteiger partial charge in [-0.3, -0.25) is 0 Å². The summed E-state index contributed by atoms with van der Waals surface area (Å²) >= 11 is 0. The van der Waals surface area contributed by atoms with Crippen molar-refractivity contribution >= 4 is 10.2 Å². The van der Waals surface area contributed by atoms with Crippen molar-refractivity contribution in [1.82, 2.24) is 8.61 Å². The van der Waals surface area contributed by atoms with Crippen LogP contribution < -0.4 is 5.73 Å². The molecule has 0 aromatic carbocycles. The number of likely N-dealkylation sites (N-methyl/N-ethyl adjacent to an activating group) is 1. The number of rotatable bonds is 5. The van der Waals surface area contributed by atoms with E-state index in [0.29, 0.717) is 31.5 Å². The van der Waals surface area contributed by atoms with Gasteiger partial charge in [0.25, 0.3) is 10.2 Å². The molecule has 1 saturated carbocycles. The van der Waals surface area contributed by atoms with Gasteiger partial charge in [0.05, 0.1) is 0 Å². The van der Waals surface area contributed by atoms with Crippen molar-refractivity contribution in [2.24, 2.45) is 17.6 Å². The van der Waals surface area contributed by atoms with Crippen molar-refractivity contribution in [3.8, 4) is 0 Å². The lowest BCUT2D eigenvalue weighted by atomic mass is 10.0. The second kappa shape index (κ2) is 5.45. The van der Waals surface area contributed by atoms with Crippen LogP contribution in [0.2, 0.25) is 0 Å². The summed E-state index contributed by atoms with van der Waals surface area (Å²) in [4.78, 5) is 0. The first-order chi connectivity index (χ1) is 8.46. The van der Waals surface area contributed by atoms with Gasteiger partial charge in [-0.1, -0.05) is 6.92 Å². The predicted molar refractivity (Wildman–Crippen MR) is 72.2 cm³/mol. The Kier molecular flexibility index (Phi) is 4.31. The van der Waals surface area contributed by atoms with Gasteiger partial charge in [-0.15, -0.1) is 0 Å². The number of hydrogen-bond acceptors (Lipinski definition) is 3. The van der Waals surface area contributed by atoms with E-state index in [9.17, 15) is 8.42 Å². The van der Waals surface area contributed by atoms with E-state index in [-0.39, 0.29) is 6.04 Å². The summed E-state index contributed by atoms with van der Waals surface area (Å²) < 4.78 is 28.3. The van der Waals surface area contributed by atoms with Crippen LogP contribution >= 0.6 is 0 Å². The summed E-state index contributed by atoms with van der Waals surface area (Å²) in [6.45, 7) is 3.83. The Morgan fingerprint density at radius 3 is 2.56 bits per heavy atom. The number of nitrogens with zero attached hydrogens (tertiary/aromatic N) is 2. The largest absolute Gasteiger partial charge is 0.329 e. The smallest absolute Gasteiger partial charge is 0.282 e. The van der Waals surface area contributed by atoms with Crippen molar-refractivity contribution < 1.29 is 8.42 Å². The third-order valence-corrected chi connectivity index (χ3v) is 6.17. The first-order valence-electron chi connectivity index (χ1n) is 6.90. The van der Waals surface area contributed by atoms with E-state index in [1.807, 2.05) is 0 Å². The highest BCUT2D eigenvalue weighted by atomic mass is 32.2. The summed E-state index contributed by atoms with van der Waals surface area (Å²) in [5, 5.41) is 0. The van der Waals surface area contributed by atoms with Gasteiger partial charge in [0, 0.05) is 32.7 Å². The Hall–Kier alpha value is -0.170. The number of nitrogens with two attached hydrogens (primary N) is 1. The van der Waals surface area contributed by atoms with E-state index < -0.39 is 10.2 Å². The molecule has 1 aliphatic heterocycles. The molecule has 2 fully saturated rings. The zero-order valence-electron chi connectivity index (χ0n) is 11.4. The summed E-state index contributed by atoms with van der Waals surface area (Å²) in [5.74, 6) is 0.927. The Morgan fingerprint density at radius 2 is 2.06 bits per heavy atom. The highest BCUT2D eigenvalue weighted by Gasteiger charge is 2.40. The van der Waals surface area contributed by atoms with E-state index in [0.717, 1.165) is 25.7 Å². The van der Waals surface area contributed by atoms with Crippen LogP contribution in [0.25, 0.3) is 0 Å². The van der Waals surface area contributed by atoms with Gasteiger partial charge in [0.1, 0.15) is 0 Å². The predicted octanol–water partition coefficient (Wildman–Crippen LogP) is 0.632. The summed E-state index contributed by atoms with van der Waals surface area (Å²) in [5.41, 5.74) is 5.74. The molecule has 0 aromatic heterocycles. The van der Waals surface area contributed by atoms with E-state index in [1.54, 1.807) is 11.4 Å². The molecule has 0 radical (unpaired) electrons. The fraction of sp³-hybridized carbons (Fsp3) is 1.00. The average Bonchev–Trinajstić information content (AvgIpc) is 3.14. The Labute approximate surface area is 110 Å². The lowest BCUT2D eigenvalue weighted by Crippen LogP contribution is -2.52. The van der Waals surface area contributed by atoms with Gasteiger partial charge < -0.3 is 5.73 Å². The monoisotopic (exact) mass is 275 g/mol. The topological polar surface area (TPSA) is 66.6 Å². The van der Waals surface area contributed by atoms with Crippen molar-refractivity contribution in [2.75, 3.05) is 26.7 Å². The van der Waals surface area contributed by atoms with Crippen LogP contribution in [0.3, 0.4) is 0 Å². The minimum absolute atomic E-state index is 0.0211. The van der Waals surface area contributed by atoms with Crippen LogP contribution in [-0.2, 0) is 10.2 Å². The fourth-order valence-corrected chi connectivity index (χ4v) is 4.60. The molecule has 2 N–H and O–H groups in total. The van der Waals surface area contributed by atoms with Crippen LogP contribution in [0.15, 0.2) is 0 Å². The molecule has 1 saturated heterocycles. The Bertz CT molecular complexity index is 381. The molecule has 0 bridgehead atoms. The van der Waals surface area contributed by atoms with Crippen molar-refractivity contribution in [2.45, 2.75) is 38.6 Å². The third-order valence-electron chi connectivity index (χ3n) is 4.18. The van der Waals surface area contributed by atoms with E-state index >= 15 is 0 Å². The Morgan fingerprint density at radius 1 is 1.39 bits per heavy atom.